The van der Waals surface area contributed by atoms with E-state index in [-0.39, 0.29) is 5.41 Å². The molecule has 0 bridgehead atoms. The summed E-state index contributed by atoms with van der Waals surface area (Å²) in [5.74, 6) is -1.16. The third-order valence-corrected chi connectivity index (χ3v) is 3.52. The van der Waals surface area contributed by atoms with Crippen LogP contribution in [0.2, 0.25) is 0 Å². The van der Waals surface area contributed by atoms with Crippen molar-refractivity contribution < 1.29 is 20.1 Å². The van der Waals surface area contributed by atoms with E-state index in [0.29, 0.717) is 5.56 Å². The fourth-order valence-electron chi connectivity index (χ4n) is 2.10. The van der Waals surface area contributed by atoms with Crippen molar-refractivity contribution in [3.63, 3.8) is 0 Å². The minimum absolute atomic E-state index is 0.386. The van der Waals surface area contributed by atoms with Gasteiger partial charge in [-0.2, -0.15) is 5.26 Å². The Kier molecular flexibility index (Phi) is 3.56. The normalized spacial score (nSPS) is 19.2. The number of aliphatic hydroxyl groups excluding tert-OH is 2. The third kappa shape index (κ3) is 2.75. The van der Waals surface area contributed by atoms with E-state index in [1.807, 2.05) is 0 Å². The number of aliphatic carboxylic acids is 1. The lowest BCUT2D eigenvalue weighted by Crippen LogP contribution is -2.21. The number of benzene rings is 1. The molecule has 19 heavy (non-hydrogen) atoms. The van der Waals surface area contributed by atoms with E-state index in [2.05, 4.69) is 6.07 Å². The Balaban J connectivity index is 2.10. The van der Waals surface area contributed by atoms with Gasteiger partial charge in [0.25, 0.3) is 0 Å². The van der Waals surface area contributed by atoms with Crippen LogP contribution in [0.1, 0.15) is 36.5 Å². The molecule has 0 radical (unpaired) electrons. The molecule has 100 valence electrons. The quantitative estimate of drug-likeness (QED) is 0.737. The molecule has 1 aliphatic rings. The van der Waals surface area contributed by atoms with Crippen molar-refractivity contribution in [1.82, 2.24) is 0 Å². The van der Waals surface area contributed by atoms with Crippen LogP contribution in [-0.4, -0.2) is 27.4 Å². The summed E-state index contributed by atoms with van der Waals surface area (Å²) in [4.78, 5) is 10.5. The monoisotopic (exact) mass is 261 g/mol. The topological polar surface area (TPSA) is 102 Å². The summed E-state index contributed by atoms with van der Waals surface area (Å²) in [6.45, 7) is 0. The summed E-state index contributed by atoms with van der Waals surface area (Å²) in [6.07, 6.45) is -1.40. The van der Waals surface area contributed by atoms with Gasteiger partial charge in [-0.1, -0.05) is 24.3 Å². The second-order valence-electron chi connectivity index (χ2n) is 4.93. The van der Waals surface area contributed by atoms with E-state index in [4.69, 9.17) is 10.4 Å². The van der Waals surface area contributed by atoms with Gasteiger partial charge in [0, 0.05) is 0 Å². The Labute approximate surface area is 110 Å². The maximum absolute atomic E-state index is 10.5. The van der Waals surface area contributed by atoms with Gasteiger partial charge in [-0.3, -0.25) is 4.79 Å². The van der Waals surface area contributed by atoms with E-state index in [9.17, 15) is 15.0 Å². The van der Waals surface area contributed by atoms with Crippen molar-refractivity contribution >= 4 is 5.97 Å². The molecule has 0 aromatic heterocycles. The van der Waals surface area contributed by atoms with Crippen molar-refractivity contribution in [2.75, 3.05) is 0 Å². The Morgan fingerprint density at radius 3 is 2.32 bits per heavy atom. The Bertz CT molecular complexity index is 513. The summed E-state index contributed by atoms with van der Waals surface area (Å²) < 4.78 is 0. The second kappa shape index (κ2) is 5.00. The van der Waals surface area contributed by atoms with E-state index < -0.39 is 24.6 Å². The summed E-state index contributed by atoms with van der Waals surface area (Å²) in [5, 5.41) is 37.0. The number of carbonyl (C=O) groups is 1. The molecule has 1 aliphatic carbocycles. The molecule has 2 atom stereocenters. The molecule has 0 heterocycles. The summed E-state index contributed by atoms with van der Waals surface area (Å²) in [6, 6.07) is 9.04. The highest BCUT2D eigenvalue weighted by atomic mass is 16.4. The van der Waals surface area contributed by atoms with Crippen LogP contribution in [0.25, 0.3) is 0 Å². The first-order chi connectivity index (χ1) is 8.98. The number of rotatable bonds is 5. The van der Waals surface area contributed by atoms with E-state index in [1.54, 1.807) is 24.3 Å². The Morgan fingerprint density at radius 2 is 1.89 bits per heavy atom. The number of nitriles is 1. The zero-order valence-electron chi connectivity index (χ0n) is 10.3. The van der Waals surface area contributed by atoms with Gasteiger partial charge in [0.05, 0.1) is 24.0 Å². The first-order valence-electron chi connectivity index (χ1n) is 6.08. The highest BCUT2D eigenvalue weighted by Gasteiger charge is 2.44. The van der Waals surface area contributed by atoms with Crippen LogP contribution in [0.15, 0.2) is 24.3 Å². The molecule has 1 saturated carbocycles. The molecule has 5 heteroatoms. The number of hydrogen-bond donors (Lipinski definition) is 3. The first kappa shape index (κ1) is 13.5. The molecule has 2 unspecified atom stereocenters. The maximum Gasteiger partial charge on any atom is 0.306 e. The van der Waals surface area contributed by atoms with Gasteiger partial charge in [0.2, 0.25) is 0 Å². The van der Waals surface area contributed by atoms with Gasteiger partial charge < -0.3 is 15.3 Å². The average molecular weight is 261 g/mol. The largest absolute Gasteiger partial charge is 0.481 e. The fraction of sp³-hybridized carbons (Fsp3) is 0.429. The minimum Gasteiger partial charge on any atom is -0.481 e. The van der Waals surface area contributed by atoms with Crippen molar-refractivity contribution in [3.8, 4) is 6.07 Å². The highest BCUT2D eigenvalue weighted by Crippen LogP contribution is 2.47. The number of carboxylic acid groups (broad SMARTS) is 1. The van der Waals surface area contributed by atoms with E-state index >= 15 is 0 Å². The zero-order chi connectivity index (χ0) is 14.0. The molecular weight excluding hydrogens is 246 g/mol. The lowest BCUT2D eigenvalue weighted by atomic mass is 9.94. The average Bonchev–Trinajstić information content (AvgIpc) is 3.18. The van der Waals surface area contributed by atoms with Crippen LogP contribution < -0.4 is 0 Å². The number of nitrogens with zero attached hydrogens (tertiary/aromatic N) is 1. The van der Waals surface area contributed by atoms with Crippen LogP contribution in [0, 0.1) is 11.3 Å². The smallest absolute Gasteiger partial charge is 0.306 e. The Morgan fingerprint density at radius 1 is 1.32 bits per heavy atom. The molecule has 1 aromatic carbocycles. The molecule has 1 aromatic rings. The van der Waals surface area contributed by atoms with E-state index in [1.165, 1.54) is 0 Å². The van der Waals surface area contributed by atoms with Crippen molar-refractivity contribution in [1.29, 1.82) is 5.26 Å². The number of hydrogen-bond acceptors (Lipinski definition) is 4. The molecule has 0 spiro atoms. The molecule has 0 amide bonds. The molecule has 1 fully saturated rings. The van der Waals surface area contributed by atoms with Crippen LogP contribution in [-0.2, 0) is 10.2 Å². The fourth-order valence-corrected chi connectivity index (χ4v) is 2.10. The predicted octanol–water partition coefficient (Wildman–Crippen LogP) is 1.11. The van der Waals surface area contributed by atoms with Gasteiger partial charge in [0.1, 0.15) is 6.10 Å². The zero-order valence-corrected chi connectivity index (χ0v) is 10.3. The molecule has 3 N–H and O–H groups in total. The van der Waals surface area contributed by atoms with Gasteiger partial charge in [0.15, 0.2) is 0 Å². The van der Waals surface area contributed by atoms with Gasteiger partial charge in [-0.05, 0) is 24.0 Å². The lowest BCUT2D eigenvalue weighted by molar-refractivity contribution is -0.141. The Hall–Kier alpha value is -1.90. The number of carboxylic acids is 1. The summed E-state index contributed by atoms with van der Waals surface area (Å²) in [5.41, 5.74) is 0.966. The first-order valence-corrected chi connectivity index (χ1v) is 6.08. The maximum atomic E-state index is 10.5. The predicted molar refractivity (Wildman–Crippen MR) is 66.2 cm³/mol. The molecular formula is C14H15NO4. The number of aliphatic hydroxyl groups is 2. The molecule has 0 aliphatic heterocycles. The van der Waals surface area contributed by atoms with Gasteiger partial charge in [-0.25, -0.2) is 0 Å². The van der Waals surface area contributed by atoms with Gasteiger partial charge >= 0.3 is 5.97 Å². The van der Waals surface area contributed by atoms with Crippen LogP contribution in [0.5, 0.6) is 0 Å². The third-order valence-electron chi connectivity index (χ3n) is 3.52. The SMILES string of the molecule is N#CC1(c2ccc(C(O)C(O)CC(=O)O)cc2)CC1. The van der Waals surface area contributed by atoms with Crippen molar-refractivity contribution in [2.24, 2.45) is 0 Å². The van der Waals surface area contributed by atoms with Crippen molar-refractivity contribution in [2.45, 2.75) is 36.9 Å². The van der Waals surface area contributed by atoms with Crippen LogP contribution in [0.4, 0.5) is 0 Å². The van der Waals surface area contributed by atoms with Crippen LogP contribution >= 0.6 is 0 Å². The minimum atomic E-state index is -1.34. The highest BCUT2D eigenvalue weighted by molar-refractivity contribution is 5.67. The van der Waals surface area contributed by atoms with E-state index in [0.717, 1.165) is 18.4 Å². The summed E-state index contributed by atoms with van der Waals surface area (Å²) >= 11 is 0. The summed E-state index contributed by atoms with van der Waals surface area (Å²) in [7, 11) is 0. The lowest BCUT2D eigenvalue weighted by Gasteiger charge is -2.17. The molecule has 5 nitrogen and oxygen atoms in total. The molecule has 2 rings (SSSR count). The van der Waals surface area contributed by atoms with Crippen LogP contribution in [0.3, 0.4) is 0 Å². The second-order valence-corrected chi connectivity index (χ2v) is 4.93. The standard InChI is InChI=1S/C14H15NO4/c15-8-14(5-6-14)10-3-1-9(2-4-10)13(19)11(16)7-12(17)18/h1-4,11,13,16,19H,5-7H2,(H,17,18). The van der Waals surface area contributed by atoms with Crippen molar-refractivity contribution in [3.05, 3.63) is 35.4 Å². The molecule has 0 saturated heterocycles. The van der Waals surface area contributed by atoms with Gasteiger partial charge in [-0.15, -0.1) is 0 Å².